The van der Waals surface area contributed by atoms with E-state index in [0.29, 0.717) is 18.8 Å². The Balaban J connectivity index is 1.99. The molecule has 2 aromatic rings. The van der Waals surface area contributed by atoms with Crippen LogP contribution in [0.15, 0.2) is 35.5 Å². The number of sulfonamides is 1. The van der Waals surface area contributed by atoms with Gasteiger partial charge in [0.15, 0.2) is 11.6 Å². The second kappa shape index (κ2) is 7.05. The van der Waals surface area contributed by atoms with Crippen LogP contribution in [0.3, 0.4) is 0 Å². The van der Waals surface area contributed by atoms with Gasteiger partial charge in [0.1, 0.15) is 4.90 Å². The van der Waals surface area contributed by atoms with Crippen molar-refractivity contribution in [3.8, 4) is 0 Å². The third-order valence-corrected chi connectivity index (χ3v) is 4.73. The first-order valence-electron chi connectivity index (χ1n) is 7.02. The number of hydrogen-bond donors (Lipinski definition) is 1. The molecule has 0 aliphatic rings. The molecule has 0 amide bonds. The Bertz CT molecular complexity index is 777. The van der Waals surface area contributed by atoms with Crippen LogP contribution in [0, 0.1) is 11.6 Å². The van der Waals surface area contributed by atoms with Gasteiger partial charge in [-0.25, -0.2) is 21.9 Å². The minimum absolute atomic E-state index is 0.0795. The molecule has 1 aromatic heterocycles. The van der Waals surface area contributed by atoms with Crippen molar-refractivity contribution in [2.24, 2.45) is 7.05 Å². The van der Waals surface area contributed by atoms with E-state index in [9.17, 15) is 17.2 Å². The summed E-state index contributed by atoms with van der Waals surface area (Å²) in [6.45, 7) is 2.82. The Hall–Kier alpha value is -2.00. The number of hydrogen-bond acceptors (Lipinski definition) is 4. The van der Waals surface area contributed by atoms with E-state index < -0.39 is 21.7 Å². The third kappa shape index (κ3) is 4.26. The van der Waals surface area contributed by atoms with Gasteiger partial charge in [-0.15, -0.1) is 0 Å². The van der Waals surface area contributed by atoms with E-state index in [1.54, 1.807) is 11.9 Å². The molecular weight excluding hydrogens is 326 g/mol. The minimum atomic E-state index is -3.63. The third-order valence-electron chi connectivity index (χ3n) is 3.32. The van der Waals surface area contributed by atoms with Gasteiger partial charge >= 0.3 is 0 Å². The van der Waals surface area contributed by atoms with Gasteiger partial charge in [0.25, 0.3) is 0 Å². The molecule has 0 atom stereocenters. The molecule has 2 rings (SSSR count). The molecule has 23 heavy (non-hydrogen) atoms. The van der Waals surface area contributed by atoms with Crippen LogP contribution in [-0.4, -0.2) is 37.8 Å². The van der Waals surface area contributed by atoms with E-state index in [1.807, 2.05) is 6.92 Å². The normalized spacial score (nSPS) is 11.7. The van der Waals surface area contributed by atoms with Crippen molar-refractivity contribution in [1.29, 1.82) is 0 Å². The van der Waals surface area contributed by atoms with Crippen LogP contribution in [-0.2, 0) is 17.1 Å². The molecule has 0 fully saturated rings. The maximum absolute atomic E-state index is 13.3. The van der Waals surface area contributed by atoms with Crippen molar-refractivity contribution in [2.75, 3.05) is 24.5 Å². The molecule has 0 spiro atoms. The van der Waals surface area contributed by atoms with E-state index in [4.69, 9.17) is 0 Å². The molecule has 1 heterocycles. The van der Waals surface area contributed by atoms with Gasteiger partial charge in [-0.1, -0.05) is 0 Å². The zero-order valence-electron chi connectivity index (χ0n) is 12.8. The second-order valence-corrected chi connectivity index (χ2v) is 6.69. The van der Waals surface area contributed by atoms with E-state index in [0.717, 1.165) is 12.1 Å². The van der Waals surface area contributed by atoms with E-state index in [-0.39, 0.29) is 11.4 Å². The number of nitrogens with one attached hydrogen (secondary N) is 1. The number of benzene rings is 1. The summed E-state index contributed by atoms with van der Waals surface area (Å²) in [6.07, 6.45) is 2.66. The van der Waals surface area contributed by atoms with Gasteiger partial charge in [-0.2, -0.15) is 5.10 Å². The molecule has 1 aromatic carbocycles. The first kappa shape index (κ1) is 17.4. The number of halogens is 2. The Labute approximate surface area is 133 Å². The number of nitrogens with zero attached hydrogens (tertiary/aromatic N) is 3. The lowest BCUT2D eigenvalue weighted by Gasteiger charge is -2.23. The zero-order valence-corrected chi connectivity index (χ0v) is 13.6. The van der Waals surface area contributed by atoms with Crippen molar-refractivity contribution in [3.63, 3.8) is 0 Å². The minimum Gasteiger partial charge on any atom is -0.370 e. The van der Waals surface area contributed by atoms with Crippen LogP contribution in [0.5, 0.6) is 0 Å². The number of aromatic nitrogens is 2. The second-order valence-electron chi connectivity index (χ2n) is 4.93. The number of likely N-dealkylation sites (N-methyl/N-ethyl adjacent to an activating group) is 1. The van der Waals surface area contributed by atoms with Crippen LogP contribution in [0.4, 0.5) is 14.5 Å². The van der Waals surface area contributed by atoms with Crippen LogP contribution in [0.2, 0.25) is 0 Å². The largest absolute Gasteiger partial charge is 0.370 e. The molecule has 0 unspecified atom stereocenters. The smallest absolute Gasteiger partial charge is 0.243 e. The topological polar surface area (TPSA) is 67.2 Å². The summed E-state index contributed by atoms with van der Waals surface area (Å²) in [5, 5.41) is 3.82. The van der Waals surface area contributed by atoms with E-state index in [2.05, 4.69) is 9.82 Å². The summed E-state index contributed by atoms with van der Waals surface area (Å²) in [7, 11) is -2.01. The summed E-state index contributed by atoms with van der Waals surface area (Å²) in [4.78, 5) is 1.82. The highest BCUT2D eigenvalue weighted by atomic mass is 32.2. The summed E-state index contributed by atoms with van der Waals surface area (Å²) in [6, 6.07) is 3.60. The van der Waals surface area contributed by atoms with Crippen LogP contribution < -0.4 is 9.62 Å². The summed E-state index contributed by atoms with van der Waals surface area (Å²) >= 11 is 0. The predicted octanol–water partition coefficient (Wildman–Crippen LogP) is 1.50. The van der Waals surface area contributed by atoms with Crippen LogP contribution in [0.1, 0.15) is 6.92 Å². The lowest BCUT2D eigenvalue weighted by Crippen LogP contribution is -2.35. The van der Waals surface area contributed by atoms with Crippen molar-refractivity contribution < 1.29 is 17.2 Å². The Morgan fingerprint density at radius 1 is 1.30 bits per heavy atom. The first-order valence-corrected chi connectivity index (χ1v) is 8.50. The number of rotatable bonds is 7. The lowest BCUT2D eigenvalue weighted by molar-refractivity contribution is 0.508. The first-order chi connectivity index (χ1) is 10.8. The average Bonchev–Trinajstić information content (AvgIpc) is 2.94. The van der Waals surface area contributed by atoms with E-state index >= 15 is 0 Å². The molecule has 0 aliphatic heterocycles. The maximum atomic E-state index is 13.3. The van der Waals surface area contributed by atoms with Crippen molar-refractivity contribution in [3.05, 3.63) is 42.2 Å². The van der Waals surface area contributed by atoms with Gasteiger partial charge in [-0.3, -0.25) is 4.68 Å². The highest BCUT2D eigenvalue weighted by Gasteiger charge is 2.16. The fourth-order valence-electron chi connectivity index (χ4n) is 2.09. The Morgan fingerprint density at radius 2 is 2.04 bits per heavy atom. The fraction of sp³-hybridized carbons (Fsp3) is 0.357. The standard InChI is InChI=1S/C14H18F2N4O2S/c1-3-20(11-4-5-13(15)14(16)8-11)7-6-18-23(21,22)12-9-17-19(2)10-12/h4-5,8-10,18H,3,6-7H2,1-2H3. The van der Waals surface area contributed by atoms with Crippen molar-refractivity contribution >= 4 is 15.7 Å². The zero-order chi connectivity index (χ0) is 17.0. The molecule has 0 saturated carbocycles. The number of anilines is 1. The van der Waals surface area contributed by atoms with Crippen LogP contribution >= 0.6 is 0 Å². The molecule has 0 bridgehead atoms. The summed E-state index contributed by atoms with van der Waals surface area (Å²) < 4.78 is 54.2. The van der Waals surface area contributed by atoms with Gasteiger partial charge in [0, 0.05) is 44.6 Å². The van der Waals surface area contributed by atoms with Crippen LogP contribution in [0.25, 0.3) is 0 Å². The van der Waals surface area contributed by atoms with Gasteiger partial charge in [-0.05, 0) is 19.1 Å². The Kier molecular flexibility index (Phi) is 5.32. The maximum Gasteiger partial charge on any atom is 0.243 e. The Morgan fingerprint density at radius 3 is 2.61 bits per heavy atom. The molecule has 1 N–H and O–H groups in total. The molecule has 0 radical (unpaired) electrons. The monoisotopic (exact) mass is 344 g/mol. The summed E-state index contributed by atoms with van der Waals surface area (Å²) in [5.41, 5.74) is 0.493. The average molecular weight is 344 g/mol. The highest BCUT2D eigenvalue weighted by molar-refractivity contribution is 7.89. The lowest BCUT2D eigenvalue weighted by atomic mass is 10.2. The highest BCUT2D eigenvalue weighted by Crippen LogP contribution is 2.17. The van der Waals surface area contributed by atoms with Gasteiger partial charge in [0.2, 0.25) is 10.0 Å². The molecule has 126 valence electrons. The fourth-order valence-corrected chi connectivity index (χ4v) is 3.09. The molecular formula is C14H18F2N4O2S. The SMILES string of the molecule is CCN(CCNS(=O)(=O)c1cnn(C)c1)c1ccc(F)c(F)c1. The summed E-state index contributed by atoms with van der Waals surface area (Å²) in [5.74, 6) is -1.85. The molecule has 0 aliphatic carbocycles. The molecule has 9 heteroatoms. The molecule has 6 nitrogen and oxygen atoms in total. The van der Waals surface area contributed by atoms with Gasteiger partial charge < -0.3 is 4.90 Å². The van der Waals surface area contributed by atoms with Crippen molar-refractivity contribution in [1.82, 2.24) is 14.5 Å². The molecule has 0 saturated heterocycles. The predicted molar refractivity (Wildman–Crippen MR) is 82.6 cm³/mol. The quantitative estimate of drug-likeness (QED) is 0.827. The number of aryl methyl sites for hydroxylation is 1. The van der Waals surface area contributed by atoms with Gasteiger partial charge in [0.05, 0.1) is 6.20 Å². The van der Waals surface area contributed by atoms with E-state index in [1.165, 1.54) is 23.1 Å². The van der Waals surface area contributed by atoms with Crippen molar-refractivity contribution in [2.45, 2.75) is 11.8 Å².